The lowest BCUT2D eigenvalue weighted by atomic mass is 10.2. The van der Waals surface area contributed by atoms with Gasteiger partial charge in [-0.25, -0.2) is 0 Å². The van der Waals surface area contributed by atoms with Gasteiger partial charge in [-0.05, 0) is 36.5 Å². The van der Waals surface area contributed by atoms with Crippen LogP contribution < -0.4 is 10.6 Å². The Morgan fingerprint density at radius 3 is 2.83 bits per heavy atom. The van der Waals surface area contributed by atoms with Crippen molar-refractivity contribution in [2.24, 2.45) is 0 Å². The van der Waals surface area contributed by atoms with Gasteiger partial charge in [-0.1, -0.05) is 0 Å². The first kappa shape index (κ1) is 15.6. The minimum Gasteiger partial charge on any atom is -0.337 e. The Hall–Kier alpha value is -2.25. The van der Waals surface area contributed by atoms with Crippen molar-refractivity contribution in [3.63, 3.8) is 0 Å². The number of hydrogen-bond acceptors (Lipinski definition) is 5. The molecule has 1 fully saturated rings. The molecule has 0 radical (unpaired) electrons. The monoisotopic (exact) mass is 330 g/mol. The molecule has 3 heterocycles. The van der Waals surface area contributed by atoms with E-state index in [9.17, 15) is 9.59 Å². The quantitative estimate of drug-likeness (QED) is 0.897. The molecule has 6 nitrogen and oxygen atoms in total. The molecular weight excluding hydrogens is 312 g/mol. The third-order valence-corrected chi connectivity index (χ3v) is 4.85. The molecule has 0 aromatic carbocycles. The predicted molar refractivity (Wildman–Crippen MR) is 89.9 cm³/mol. The normalized spacial score (nSPS) is 17.0. The van der Waals surface area contributed by atoms with Gasteiger partial charge >= 0.3 is 0 Å². The lowest BCUT2D eigenvalue weighted by Gasteiger charge is -2.23. The number of thiophene rings is 1. The zero-order chi connectivity index (χ0) is 16.2. The molecule has 23 heavy (non-hydrogen) atoms. The van der Waals surface area contributed by atoms with Gasteiger partial charge in [-0.2, -0.15) is 0 Å². The summed E-state index contributed by atoms with van der Waals surface area (Å²) in [6.45, 7) is 1.74. The zero-order valence-corrected chi connectivity index (χ0v) is 13.6. The Kier molecular flexibility index (Phi) is 4.68. The number of likely N-dealkylation sites (N-methyl/N-ethyl adjacent to an activating group) is 1. The van der Waals surface area contributed by atoms with Crippen LogP contribution in [0.1, 0.15) is 26.5 Å². The van der Waals surface area contributed by atoms with Crippen molar-refractivity contribution in [1.82, 2.24) is 15.2 Å². The van der Waals surface area contributed by atoms with Crippen LogP contribution >= 0.6 is 11.3 Å². The number of carbonyl (C=O) groups excluding carboxylic acids is 2. The smallest absolute Gasteiger partial charge is 0.266 e. The van der Waals surface area contributed by atoms with E-state index >= 15 is 0 Å². The van der Waals surface area contributed by atoms with Crippen LogP contribution in [0.15, 0.2) is 36.0 Å². The summed E-state index contributed by atoms with van der Waals surface area (Å²) in [5.74, 6) is -0.302. The highest BCUT2D eigenvalue weighted by Gasteiger charge is 2.26. The maximum absolute atomic E-state index is 12.7. The van der Waals surface area contributed by atoms with Gasteiger partial charge in [0.15, 0.2) is 0 Å². The summed E-state index contributed by atoms with van der Waals surface area (Å²) in [6, 6.07) is 5.24. The van der Waals surface area contributed by atoms with E-state index in [1.807, 2.05) is 12.4 Å². The molecule has 2 aromatic heterocycles. The fourth-order valence-corrected chi connectivity index (χ4v) is 3.40. The molecule has 3 rings (SSSR count). The van der Waals surface area contributed by atoms with Crippen LogP contribution in [-0.4, -0.2) is 47.9 Å². The Labute approximate surface area is 138 Å². The maximum Gasteiger partial charge on any atom is 0.266 e. The van der Waals surface area contributed by atoms with Gasteiger partial charge in [0.2, 0.25) is 0 Å². The molecule has 0 bridgehead atoms. The molecule has 2 amide bonds. The number of hydrogen-bond donors (Lipinski definition) is 2. The summed E-state index contributed by atoms with van der Waals surface area (Å²) in [6.07, 6.45) is 4.08. The molecule has 2 N–H and O–H groups in total. The summed E-state index contributed by atoms with van der Waals surface area (Å²) in [5, 5.41) is 7.88. The van der Waals surface area contributed by atoms with E-state index in [1.165, 1.54) is 11.3 Å². The van der Waals surface area contributed by atoms with E-state index in [-0.39, 0.29) is 17.9 Å². The second-order valence-electron chi connectivity index (χ2n) is 5.42. The van der Waals surface area contributed by atoms with Crippen molar-refractivity contribution in [3.8, 4) is 0 Å². The van der Waals surface area contributed by atoms with Crippen molar-refractivity contribution in [3.05, 3.63) is 46.4 Å². The van der Waals surface area contributed by atoms with Crippen LogP contribution in [0.4, 0.5) is 5.69 Å². The Morgan fingerprint density at radius 1 is 1.35 bits per heavy atom. The van der Waals surface area contributed by atoms with Crippen molar-refractivity contribution in [1.29, 1.82) is 0 Å². The predicted octanol–water partition coefficient (Wildman–Crippen LogP) is 1.83. The van der Waals surface area contributed by atoms with Crippen LogP contribution in [-0.2, 0) is 0 Å². The largest absolute Gasteiger partial charge is 0.337 e. The highest BCUT2D eigenvalue weighted by atomic mass is 32.1. The van der Waals surface area contributed by atoms with Gasteiger partial charge < -0.3 is 15.5 Å². The van der Waals surface area contributed by atoms with Crippen molar-refractivity contribution in [2.75, 3.05) is 25.5 Å². The van der Waals surface area contributed by atoms with E-state index in [0.29, 0.717) is 16.1 Å². The molecule has 2 aromatic rings. The standard InChI is InChI=1S/C16H18N4O2S/c1-20(12-4-8-18-10-12)16(22)14-13(5-9-23-14)19-15(21)11-2-6-17-7-3-11/h2-3,5-7,9,12,18H,4,8,10H2,1H3,(H,19,21). The third kappa shape index (κ3) is 3.40. The van der Waals surface area contributed by atoms with Gasteiger partial charge in [0.1, 0.15) is 4.88 Å². The molecular formula is C16H18N4O2S. The average molecular weight is 330 g/mol. The number of nitrogens with zero attached hydrogens (tertiary/aromatic N) is 2. The van der Waals surface area contributed by atoms with Crippen LogP contribution in [0.2, 0.25) is 0 Å². The number of rotatable bonds is 4. The van der Waals surface area contributed by atoms with Crippen LogP contribution in [0, 0.1) is 0 Å². The second-order valence-corrected chi connectivity index (χ2v) is 6.33. The van der Waals surface area contributed by atoms with Gasteiger partial charge in [-0.15, -0.1) is 11.3 Å². The summed E-state index contributed by atoms with van der Waals surface area (Å²) in [5.41, 5.74) is 1.07. The Bertz CT molecular complexity index is 695. The van der Waals surface area contributed by atoms with Crippen molar-refractivity contribution >= 4 is 28.8 Å². The lowest BCUT2D eigenvalue weighted by molar-refractivity contribution is 0.0749. The van der Waals surface area contributed by atoms with Gasteiger partial charge in [-0.3, -0.25) is 14.6 Å². The average Bonchev–Trinajstić information content (AvgIpc) is 3.26. The summed E-state index contributed by atoms with van der Waals surface area (Å²) in [7, 11) is 1.81. The van der Waals surface area contributed by atoms with Crippen molar-refractivity contribution < 1.29 is 9.59 Å². The first-order valence-corrected chi connectivity index (χ1v) is 8.31. The first-order chi connectivity index (χ1) is 11.2. The number of amides is 2. The lowest BCUT2D eigenvalue weighted by Crippen LogP contribution is -2.38. The fraction of sp³-hybridized carbons (Fsp3) is 0.312. The molecule has 1 atom stereocenters. The molecule has 0 spiro atoms. The molecule has 120 valence electrons. The fourth-order valence-electron chi connectivity index (χ4n) is 2.57. The number of nitrogens with one attached hydrogen (secondary N) is 2. The number of anilines is 1. The van der Waals surface area contributed by atoms with Crippen LogP contribution in [0.3, 0.4) is 0 Å². The maximum atomic E-state index is 12.7. The molecule has 0 aliphatic carbocycles. The highest BCUT2D eigenvalue weighted by molar-refractivity contribution is 7.12. The van der Waals surface area contributed by atoms with E-state index in [1.54, 1.807) is 35.5 Å². The number of pyridine rings is 1. The van der Waals surface area contributed by atoms with Crippen LogP contribution in [0.5, 0.6) is 0 Å². The molecule has 0 saturated carbocycles. The van der Waals surface area contributed by atoms with E-state index in [4.69, 9.17) is 0 Å². The number of aromatic nitrogens is 1. The van der Waals surface area contributed by atoms with Crippen molar-refractivity contribution in [2.45, 2.75) is 12.5 Å². The highest BCUT2D eigenvalue weighted by Crippen LogP contribution is 2.25. The molecule has 1 aliphatic heterocycles. The molecule has 1 aliphatic rings. The topological polar surface area (TPSA) is 74.3 Å². The first-order valence-electron chi connectivity index (χ1n) is 7.43. The minimum absolute atomic E-state index is 0.0567. The van der Waals surface area contributed by atoms with E-state index in [0.717, 1.165) is 19.5 Å². The minimum atomic E-state index is -0.245. The summed E-state index contributed by atoms with van der Waals surface area (Å²) < 4.78 is 0. The van der Waals surface area contributed by atoms with Crippen LogP contribution in [0.25, 0.3) is 0 Å². The Balaban J connectivity index is 1.74. The number of carbonyl (C=O) groups is 2. The molecule has 1 saturated heterocycles. The zero-order valence-electron chi connectivity index (χ0n) is 12.8. The molecule has 7 heteroatoms. The van der Waals surface area contributed by atoms with Gasteiger partial charge in [0.25, 0.3) is 11.8 Å². The van der Waals surface area contributed by atoms with Gasteiger partial charge in [0.05, 0.1) is 5.69 Å². The second kappa shape index (κ2) is 6.89. The summed E-state index contributed by atoms with van der Waals surface area (Å²) in [4.78, 5) is 31.1. The van der Waals surface area contributed by atoms with Gasteiger partial charge in [0, 0.05) is 37.6 Å². The Morgan fingerprint density at radius 2 is 2.13 bits per heavy atom. The van der Waals surface area contributed by atoms with E-state index in [2.05, 4.69) is 15.6 Å². The summed E-state index contributed by atoms with van der Waals surface area (Å²) >= 11 is 1.34. The third-order valence-electron chi connectivity index (χ3n) is 3.95. The SMILES string of the molecule is CN(C(=O)c1sccc1NC(=O)c1ccncc1)C1CCNC1. The van der Waals surface area contributed by atoms with E-state index < -0.39 is 0 Å². The molecule has 1 unspecified atom stereocenters.